The maximum absolute atomic E-state index is 12.5. The van der Waals surface area contributed by atoms with Crippen molar-refractivity contribution in [2.75, 3.05) is 13.1 Å². The largest absolute Gasteiger partial charge is 0.342 e. The normalized spacial score (nSPS) is 18.6. The number of carbonyl (C=O) groups is 1. The van der Waals surface area contributed by atoms with E-state index in [0.717, 1.165) is 30.8 Å². The summed E-state index contributed by atoms with van der Waals surface area (Å²) >= 11 is 0. The number of likely N-dealkylation sites (tertiary alicyclic amines) is 1. The van der Waals surface area contributed by atoms with Crippen LogP contribution in [0, 0.1) is 0 Å². The lowest BCUT2D eigenvalue weighted by molar-refractivity contribution is -0.131. The van der Waals surface area contributed by atoms with Gasteiger partial charge in [-0.05, 0) is 18.4 Å². The van der Waals surface area contributed by atoms with E-state index in [1.807, 2.05) is 32.0 Å². The molecule has 1 fully saturated rings. The van der Waals surface area contributed by atoms with Crippen LogP contribution in [0.1, 0.15) is 55.8 Å². The molecule has 0 unspecified atom stereocenters. The zero-order valence-corrected chi connectivity index (χ0v) is 13.9. The minimum atomic E-state index is 0.135. The number of piperidine rings is 1. The van der Waals surface area contributed by atoms with Gasteiger partial charge in [0, 0.05) is 38.2 Å². The Hall–Kier alpha value is -2.18. The maximum atomic E-state index is 12.5. The fraction of sp³-hybridized carbons (Fsp3) is 0.625. The van der Waals surface area contributed by atoms with E-state index in [1.165, 1.54) is 0 Å². The summed E-state index contributed by atoms with van der Waals surface area (Å²) in [5.41, 5.74) is 0.946. The predicted octanol–water partition coefficient (Wildman–Crippen LogP) is 1.88. The molecule has 1 saturated heterocycles. The van der Waals surface area contributed by atoms with Crippen molar-refractivity contribution in [3.8, 4) is 0 Å². The first-order chi connectivity index (χ1) is 11.0. The smallest absolute Gasteiger partial charge is 0.229 e. The van der Waals surface area contributed by atoms with Crippen LogP contribution in [0.15, 0.2) is 16.9 Å². The van der Waals surface area contributed by atoms with Crippen LogP contribution in [0.25, 0.3) is 0 Å². The average Bonchev–Trinajstić information content (AvgIpc) is 3.17. The summed E-state index contributed by atoms with van der Waals surface area (Å²) in [5.74, 6) is 1.92. The number of rotatable bonds is 4. The van der Waals surface area contributed by atoms with Crippen LogP contribution in [0.4, 0.5) is 0 Å². The van der Waals surface area contributed by atoms with Crippen LogP contribution in [0.5, 0.6) is 0 Å². The third-order valence-electron chi connectivity index (χ3n) is 4.20. The highest BCUT2D eigenvalue weighted by Crippen LogP contribution is 2.26. The second-order valence-electron chi connectivity index (χ2n) is 6.52. The molecule has 7 nitrogen and oxygen atoms in total. The van der Waals surface area contributed by atoms with E-state index in [4.69, 9.17) is 4.52 Å². The Morgan fingerprint density at radius 3 is 2.96 bits per heavy atom. The number of carbonyl (C=O) groups excluding carboxylic acids is 1. The van der Waals surface area contributed by atoms with E-state index in [0.29, 0.717) is 18.9 Å². The molecular formula is C16H23N5O2. The molecular weight excluding hydrogens is 294 g/mol. The van der Waals surface area contributed by atoms with Gasteiger partial charge in [-0.2, -0.15) is 10.1 Å². The second kappa shape index (κ2) is 6.52. The molecule has 1 aliphatic rings. The first-order valence-electron chi connectivity index (χ1n) is 8.11. The molecule has 0 aromatic carbocycles. The van der Waals surface area contributed by atoms with Gasteiger partial charge in [-0.25, -0.2) is 0 Å². The van der Waals surface area contributed by atoms with Crippen molar-refractivity contribution in [3.63, 3.8) is 0 Å². The van der Waals surface area contributed by atoms with Crippen molar-refractivity contribution < 1.29 is 9.32 Å². The monoisotopic (exact) mass is 317 g/mol. The van der Waals surface area contributed by atoms with E-state index in [2.05, 4.69) is 15.2 Å². The third kappa shape index (κ3) is 3.60. The van der Waals surface area contributed by atoms with E-state index >= 15 is 0 Å². The predicted molar refractivity (Wildman–Crippen MR) is 83.9 cm³/mol. The van der Waals surface area contributed by atoms with Crippen LogP contribution in [-0.2, 0) is 18.3 Å². The van der Waals surface area contributed by atoms with E-state index in [1.54, 1.807) is 10.9 Å². The number of amides is 1. The van der Waals surface area contributed by atoms with Gasteiger partial charge in [-0.3, -0.25) is 9.48 Å². The molecule has 0 bridgehead atoms. The summed E-state index contributed by atoms with van der Waals surface area (Å²) in [6.07, 6.45) is 5.98. The fourth-order valence-electron chi connectivity index (χ4n) is 2.91. The molecule has 0 N–H and O–H groups in total. The molecule has 7 heteroatoms. The van der Waals surface area contributed by atoms with Crippen LogP contribution in [0.3, 0.4) is 0 Å². The molecule has 3 heterocycles. The summed E-state index contributed by atoms with van der Waals surface area (Å²) < 4.78 is 7.01. The first kappa shape index (κ1) is 15.7. The molecule has 1 atom stereocenters. The summed E-state index contributed by atoms with van der Waals surface area (Å²) in [5, 5.41) is 8.21. The van der Waals surface area contributed by atoms with Gasteiger partial charge in [0.2, 0.25) is 11.8 Å². The lowest BCUT2D eigenvalue weighted by Crippen LogP contribution is -2.40. The summed E-state index contributed by atoms with van der Waals surface area (Å²) in [4.78, 5) is 18.9. The van der Waals surface area contributed by atoms with E-state index in [-0.39, 0.29) is 17.7 Å². The van der Waals surface area contributed by atoms with Crippen LogP contribution in [0.2, 0.25) is 0 Å². The highest BCUT2D eigenvalue weighted by molar-refractivity contribution is 5.78. The van der Waals surface area contributed by atoms with Crippen LogP contribution >= 0.6 is 0 Å². The minimum absolute atomic E-state index is 0.135. The third-order valence-corrected chi connectivity index (χ3v) is 4.20. The molecule has 0 saturated carbocycles. The molecule has 0 radical (unpaired) electrons. The number of hydrogen-bond donors (Lipinski definition) is 0. The number of aryl methyl sites for hydroxylation is 1. The van der Waals surface area contributed by atoms with Gasteiger partial charge in [-0.1, -0.05) is 19.0 Å². The van der Waals surface area contributed by atoms with Crippen molar-refractivity contribution in [3.05, 3.63) is 29.7 Å². The van der Waals surface area contributed by atoms with Gasteiger partial charge in [-0.15, -0.1) is 0 Å². The molecule has 2 aromatic rings. The van der Waals surface area contributed by atoms with Gasteiger partial charge in [0.1, 0.15) is 0 Å². The second-order valence-corrected chi connectivity index (χ2v) is 6.52. The molecule has 3 rings (SSSR count). The zero-order chi connectivity index (χ0) is 16.4. The van der Waals surface area contributed by atoms with Crippen molar-refractivity contribution >= 4 is 5.91 Å². The van der Waals surface area contributed by atoms with Crippen molar-refractivity contribution in [2.45, 2.75) is 44.9 Å². The maximum Gasteiger partial charge on any atom is 0.229 e. The van der Waals surface area contributed by atoms with Crippen molar-refractivity contribution in [1.29, 1.82) is 0 Å². The zero-order valence-electron chi connectivity index (χ0n) is 13.9. The number of nitrogens with zero attached hydrogens (tertiary/aromatic N) is 5. The standard InChI is InChI=1S/C16H23N5O2/c1-11(2)16-18-15(19-23-16)13-5-4-6-21(10-13)14(22)7-12-8-17-20(3)9-12/h8-9,11,13H,4-7,10H2,1-3H3/t13-/m0/s1. The summed E-state index contributed by atoms with van der Waals surface area (Å²) in [6.45, 7) is 5.52. The SMILES string of the molecule is CC(C)c1nc([C@H]2CCCN(C(=O)Cc3cnn(C)c3)C2)no1. The Morgan fingerprint density at radius 1 is 1.48 bits per heavy atom. The minimum Gasteiger partial charge on any atom is -0.342 e. The topological polar surface area (TPSA) is 77.1 Å². The van der Waals surface area contributed by atoms with Gasteiger partial charge in [0.05, 0.1) is 12.6 Å². The Morgan fingerprint density at radius 2 is 2.30 bits per heavy atom. The number of hydrogen-bond acceptors (Lipinski definition) is 5. The molecule has 0 spiro atoms. The Kier molecular flexibility index (Phi) is 4.45. The van der Waals surface area contributed by atoms with Gasteiger partial charge in [0.15, 0.2) is 5.82 Å². The van der Waals surface area contributed by atoms with Crippen LogP contribution in [-0.4, -0.2) is 43.8 Å². The lowest BCUT2D eigenvalue weighted by atomic mass is 9.97. The summed E-state index contributed by atoms with van der Waals surface area (Å²) in [7, 11) is 1.85. The highest BCUT2D eigenvalue weighted by Gasteiger charge is 2.28. The van der Waals surface area contributed by atoms with Crippen LogP contribution < -0.4 is 0 Å². The summed E-state index contributed by atoms with van der Waals surface area (Å²) in [6, 6.07) is 0. The van der Waals surface area contributed by atoms with Crippen molar-refractivity contribution in [1.82, 2.24) is 24.8 Å². The molecule has 2 aromatic heterocycles. The molecule has 0 aliphatic carbocycles. The lowest BCUT2D eigenvalue weighted by Gasteiger charge is -2.31. The van der Waals surface area contributed by atoms with E-state index < -0.39 is 0 Å². The quantitative estimate of drug-likeness (QED) is 0.860. The fourth-order valence-corrected chi connectivity index (χ4v) is 2.91. The van der Waals surface area contributed by atoms with Crippen molar-refractivity contribution in [2.24, 2.45) is 7.05 Å². The Balaban J connectivity index is 1.64. The first-order valence-corrected chi connectivity index (χ1v) is 8.11. The molecule has 124 valence electrons. The molecule has 1 amide bonds. The molecule has 23 heavy (non-hydrogen) atoms. The Bertz CT molecular complexity index is 676. The highest BCUT2D eigenvalue weighted by atomic mass is 16.5. The number of aromatic nitrogens is 4. The Labute approximate surface area is 135 Å². The van der Waals surface area contributed by atoms with Gasteiger partial charge >= 0.3 is 0 Å². The average molecular weight is 317 g/mol. The van der Waals surface area contributed by atoms with Gasteiger partial charge in [0.25, 0.3) is 0 Å². The molecule has 1 aliphatic heterocycles. The van der Waals surface area contributed by atoms with Gasteiger partial charge < -0.3 is 9.42 Å². The van der Waals surface area contributed by atoms with E-state index in [9.17, 15) is 4.79 Å².